The molecule has 3 heterocycles. The molecular formula is C17H15Br2N3O3. The van der Waals surface area contributed by atoms with Crippen molar-refractivity contribution in [2.45, 2.75) is 0 Å². The molecule has 130 valence electrons. The van der Waals surface area contributed by atoms with Crippen LogP contribution in [0.25, 0.3) is 0 Å². The molecule has 1 saturated heterocycles. The van der Waals surface area contributed by atoms with Crippen molar-refractivity contribution in [1.29, 1.82) is 0 Å². The largest absolute Gasteiger partial charge is 0.451 e. The third kappa shape index (κ3) is 3.44. The molecule has 0 atom stereocenters. The van der Waals surface area contributed by atoms with Crippen LogP contribution < -0.4 is 9.64 Å². The summed E-state index contributed by atoms with van der Waals surface area (Å²) in [6, 6.07) is 7.43. The molecule has 25 heavy (non-hydrogen) atoms. The summed E-state index contributed by atoms with van der Waals surface area (Å²) in [4.78, 5) is 21.2. The first-order chi connectivity index (χ1) is 12.1. The second-order valence-electron chi connectivity index (χ2n) is 5.81. The normalized spacial score (nSPS) is 16.8. The molecule has 6 nitrogen and oxygen atoms in total. The Balaban J connectivity index is 1.71. The Morgan fingerprint density at radius 2 is 1.88 bits per heavy atom. The summed E-state index contributed by atoms with van der Waals surface area (Å²) in [5.74, 6) is 1.65. The van der Waals surface area contributed by atoms with Crippen molar-refractivity contribution in [3.8, 4) is 11.5 Å². The lowest BCUT2D eigenvalue weighted by atomic mass is 10.2. The molecule has 2 aliphatic heterocycles. The second-order valence-corrected chi connectivity index (χ2v) is 7.64. The van der Waals surface area contributed by atoms with E-state index >= 15 is 0 Å². The maximum absolute atomic E-state index is 13.1. The van der Waals surface area contributed by atoms with E-state index in [0.29, 0.717) is 42.8 Å². The topological polar surface area (TPSA) is 54.9 Å². The van der Waals surface area contributed by atoms with Crippen LogP contribution >= 0.6 is 31.9 Å². The van der Waals surface area contributed by atoms with E-state index in [-0.39, 0.29) is 5.91 Å². The number of fused-ring (bicyclic) bond motifs is 2. The van der Waals surface area contributed by atoms with E-state index in [9.17, 15) is 4.79 Å². The number of carbonyl (C=O) groups excluding carboxylic acids is 1. The Bertz CT molecular complexity index is 773. The number of halogens is 2. The molecule has 2 aromatic rings. The predicted molar refractivity (Wildman–Crippen MR) is 101 cm³/mol. The lowest BCUT2D eigenvalue weighted by molar-refractivity contribution is -0.120. The number of pyridine rings is 1. The van der Waals surface area contributed by atoms with Crippen LogP contribution in [-0.4, -0.2) is 48.6 Å². The molecule has 1 aromatic carbocycles. The quantitative estimate of drug-likeness (QED) is 0.672. The van der Waals surface area contributed by atoms with Crippen LogP contribution in [0.3, 0.4) is 0 Å². The predicted octanol–water partition coefficient (Wildman–Crippen LogP) is 3.71. The third-order valence-corrected chi connectivity index (χ3v) is 5.03. The van der Waals surface area contributed by atoms with E-state index in [1.165, 1.54) is 0 Å². The van der Waals surface area contributed by atoms with Crippen molar-refractivity contribution in [3.05, 3.63) is 39.4 Å². The molecule has 0 saturated carbocycles. The maximum Gasteiger partial charge on any atom is 0.247 e. The van der Waals surface area contributed by atoms with Gasteiger partial charge < -0.3 is 9.47 Å². The number of carbonyl (C=O) groups is 1. The highest BCUT2D eigenvalue weighted by molar-refractivity contribution is 9.10. The summed E-state index contributed by atoms with van der Waals surface area (Å²) in [5, 5.41) is 0. The average molecular weight is 469 g/mol. The number of anilines is 2. The van der Waals surface area contributed by atoms with E-state index in [1.807, 2.05) is 24.3 Å². The van der Waals surface area contributed by atoms with Gasteiger partial charge in [-0.15, -0.1) is 0 Å². The van der Waals surface area contributed by atoms with Gasteiger partial charge in [0.2, 0.25) is 5.91 Å². The van der Waals surface area contributed by atoms with E-state index in [0.717, 1.165) is 22.0 Å². The number of morpholine rings is 1. The molecule has 0 radical (unpaired) electrons. The van der Waals surface area contributed by atoms with Gasteiger partial charge >= 0.3 is 0 Å². The summed E-state index contributed by atoms with van der Waals surface area (Å²) >= 11 is 6.86. The number of amides is 1. The van der Waals surface area contributed by atoms with Crippen LogP contribution in [0.4, 0.5) is 11.5 Å². The van der Waals surface area contributed by atoms with Crippen molar-refractivity contribution >= 4 is 49.3 Å². The molecule has 0 aliphatic carbocycles. The molecule has 1 aromatic heterocycles. The van der Waals surface area contributed by atoms with Crippen LogP contribution in [0.1, 0.15) is 0 Å². The smallest absolute Gasteiger partial charge is 0.247 e. The van der Waals surface area contributed by atoms with Gasteiger partial charge in [-0.05, 0) is 34.1 Å². The maximum atomic E-state index is 13.1. The van der Waals surface area contributed by atoms with Gasteiger partial charge in [-0.2, -0.15) is 0 Å². The number of ether oxygens (including phenoxy) is 2. The Morgan fingerprint density at radius 3 is 2.68 bits per heavy atom. The van der Waals surface area contributed by atoms with Gasteiger partial charge in [0.05, 0.1) is 25.4 Å². The molecule has 8 heteroatoms. The fourth-order valence-corrected chi connectivity index (χ4v) is 3.57. The molecule has 0 N–H and O–H groups in total. The fourth-order valence-electron chi connectivity index (χ4n) is 2.92. The molecule has 0 unspecified atom stereocenters. The fraction of sp³-hybridized carbons (Fsp3) is 0.294. The van der Waals surface area contributed by atoms with Gasteiger partial charge in [-0.25, -0.2) is 4.98 Å². The Morgan fingerprint density at radius 1 is 1.12 bits per heavy atom. The van der Waals surface area contributed by atoms with Crippen molar-refractivity contribution in [2.75, 3.05) is 37.7 Å². The van der Waals surface area contributed by atoms with Crippen molar-refractivity contribution < 1.29 is 14.3 Å². The summed E-state index contributed by atoms with van der Waals surface area (Å²) in [5.41, 5.74) is 0.698. The van der Waals surface area contributed by atoms with E-state index in [2.05, 4.69) is 41.7 Å². The van der Waals surface area contributed by atoms with Gasteiger partial charge in [0.15, 0.2) is 17.3 Å². The summed E-state index contributed by atoms with van der Waals surface area (Å²) < 4.78 is 13.0. The minimum Gasteiger partial charge on any atom is -0.451 e. The van der Waals surface area contributed by atoms with Gasteiger partial charge in [0.1, 0.15) is 0 Å². The van der Waals surface area contributed by atoms with Crippen LogP contribution in [0.2, 0.25) is 0 Å². The first-order valence-electron chi connectivity index (χ1n) is 7.88. The van der Waals surface area contributed by atoms with Crippen molar-refractivity contribution in [1.82, 2.24) is 9.88 Å². The molecule has 4 rings (SSSR count). The van der Waals surface area contributed by atoms with Gasteiger partial charge in [0.25, 0.3) is 0 Å². The lowest BCUT2D eigenvalue weighted by Gasteiger charge is -2.33. The number of aromatic nitrogens is 1. The van der Waals surface area contributed by atoms with Crippen LogP contribution in [-0.2, 0) is 9.53 Å². The van der Waals surface area contributed by atoms with Crippen molar-refractivity contribution in [3.63, 3.8) is 0 Å². The molecule has 1 amide bonds. The van der Waals surface area contributed by atoms with Gasteiger partial charge in [-0.1, -0.05) is 15.9 Å². The number of hydrogen-bond acceptors (Lipinski definition) is 5. The summed E-state index contributed by atoms with van der Waals surface area (Å²) in [6.07, 6.45) is 1.67. The first-order valence-corrected chi connectivity index (χ1v) is 9.46. The minimum absolute atomic E-state index is 0.0372. The Labute approximate surface area is 162 Å². The van der Waals surface area contributed by atoms with Crippen LogP contribution in [0.5, 0.6) is 11.5 Å². The molecule has 0 bridgehead atoms. The average Bonchev–Trinajstić information content (AvgIpc) is 2.60. The second kappa shape index (κ2) is 7.03. The highest BCUT2D eigenvalue weighted by Gasteiger charge is 2.32. The van der Waals surface area contributed by atoms with Crippen molar-refractivity contribution in [2.24, 2.45) is 0 Å². The monoisotopic (exact) mass is 467 g/mol. The van der Waals surface area contributed by atoms with Crippen LogP contribution in [0.15, 0.2) is 39.4 Å². The SMILES string of the molecule is O=C(CN1CCOCC1)N1c2ccc(Br)cc2Oc2cc(Br)cnc21. The number of rotatable bonds is 2. The lowest BCUT2D eigenvalue weighted by Crippen LogP contribution is -2.44. The van der Waals surface area contributed by atoms with Crippen LogP contribution in [0, 0.1) is 0 Å². The summed E-state index contributed by atoms with van der Waals surface area (Å²) in [6.45, 7) is 3.13. The zero-order valence-corrected chi connectivity index (χ0v) is 16.4. The van der Waals surface area contributed by atoms with E-state index in [1.54, 1.807) is 11.1 Å². The molecular weight excluding hydrogens is 454 g/mol. The Kier molecular flexibility index (Phi) is 4.77. The third-order valence-electron chi connectivity index (χ3n) is 4.11. The van der Waals surface area contributed by atoms with E-state index in [4.69, 9.17) is 9.47 Å². The molecule has 0 spiro atoms. The van der Waals surface area contributed by atoms with Gasteiger partial charge in [0, 0.05) is 34.3 Å². The summed E-state index contributed by atoms with van der Waals surface area (Å²) in [7, 11) is 0. The molecule has 1 fully saturated rings. The zero-order valence-electron chi connectivity index (χ0n) is 13.2. The van der Waals surface area contributed by atoms with Gasteiger partial charge in [-0.3, -0.25) is 14.6 Å². The zero-order chi connectivity index (χ0) is 17.4. The highest BCUT2D eigenvalue weighted by Crippen LogP contribution is 2.47. The number of nitrogens with zero attached hydrogens (tertiary/aromatic N) is 3. The van der Waals surface area contributed by atoms with E-state index < -0.39 is 0 Å². The molecule has 2 aliphatic rings. The minimum atomic E-state index is -0.0372. The number of hydrogen-bond donors (Lipinski definition) is 0. The standard InChI is InChI=1S/C17H15Br2N3O3/c18-11-1-2-13-14(7-11)25-15-8-12(19)9-20-17(15)22(13)16(23)10-21-3-5-24-6-4-21/h1-2,7-9H,3-6,10H2. The number of benzene rings is 1. The first kappa shape index (κ1) is 17.0. The Hall–Kier alpha value is -1.48. The highest BCUT2D eigenvalue weighted by atomic mass is 79.9.